The third kappa shape index (κ3) is 1.63. The van der Waals surface area contributed by atoms with Crippen LogP contribution in [0.25, 0.3) is 10.9 Å². The van der Waals surface area contributed by atoms with Crippen LogP contribution in [0, 0.1) is 0 Å². The summed E-state index contributed by atoms with van der Waals surface area (Å²) in [7, 11) is 0. The van der Waals surface area contributed by atoms with Gasteiger partial charge < -0.3 is 14.5 Å². The van der Waals surface area contributed by atoms with Crippen molar-refractivity contribution < 1.29 is 4.79 Å². The molecule has 3 heterocycles. The van der Waals surface area contributed by atoms with E-state index >= 15 is 0 Å². The molecule has 0 radical (unpaired) electrons. The molecule has 20 heavy (non-hydrogen) atoms. The molecule has 1 aromatic carbocycles. The highest BCUT2D eigenvalue weighted by Gasteiger charge is 2.23. The zero-order valence-electron chi connectivity index (χ0n) is 10.9. The van der Waals surface area contributed by atoms with Gasteiger partial charge in [0.1, 0.15) is 5.82 Å². The van der Waals surface area contributed by atoms with Crippen molar-refractivity contribution >= 4 is 16.8 Å². The zero-order valence-corrected chi connectivity index (χ0v) is 10.9. The van der Waals surface area contributed by atoms with E-state index in [1.807, 2.05) is 35.4 Å². The van der Waals surface area contributed by atoms with E-state index in [4.69, 9.17) is 0 Å². The third-order valence-corrected chi connectivity index (χ3v) is 3.85. The average Bonchev–Trinajstić information content (AvgIpc) is 3.12. The maximum absolute atomic E-state index is 12.7. The maximum atomic E-state index is 12.7. The van der Waals surface area contributed by atoms with Gasteiger partial charge in [0.2, 0.25) is 0 Å². The highest BCUT2D eigenvalue weighted by molar-refractivity contribution is 6.06. The van der Waals surface area contributed by atoms with Gasteiger partial charge in [0.25, 0.3) is 5.91 Å². The number of hydrogen-bond acceptors (Lipinski definition) is 2. The first kappa shape index (κ1) is 11.3. The predicted molar refractivity (Wildman–Crippen MR) is 75.3 cm³/mol. The van der Waals surface area contributed by atoms with Crippen LogP contribution in [0.5, 0.6) is 0 Å². The van der Waals surface area contributed by atoms with Crippen LogP contribution in [0.4, 0.5) is 0 Å². The highest BCUT2D eigenvalue weighted by Crippen LogP contribution is 2.21. The molecule has 0 saturated carbocycles. The van der Waals surface area contributed by atoms with Gasteiger partial charge in [-0.15, -0.1) is 0 Å². The molecule has 0 spiro atoms. The molecule has 0 fully saturated rings. The van der Waals surface area contributed by atoms with Crippen molar-refractivity contribution in [1.29, 1.82) is 0 Å². The van der Waals surface area contributed by atoms with Crippen molar-refractivity contribution in [3.63, 3.8) is 0 Å². The minimum absolute atomic E-state index is 0.0664. The maximum Gasteiger partial charge on any atom is 0.256 e. The van der Waals surface area contributed by atoms with Gasteiger partial charge in [-0.3, -0.25) is 4.79 Å². The number of hydrogen-bond donors (Lipinski definition) is 1. The Labute approximate surface area is 115 Å². The fraction of sp³-hybridized carbons (Fsp3) is 0.200. The largest absolute Gasteiger partial charge is 0.360 e. The molecule has 0 bridgehead atoms. The van der Waals surface area contributed by atoms with E-state index in [-0.39, 0.29) is 5.91 Å². The molecule has 5 heteroatoms. The topological polar surface area (TPSA) is 53.9 Å². The summed E-state index contributed by atoms with van der Waals surface area (Å²) in [5.74, 6) is 1.01. The number of aromatic nitrogens is 3. The van der Waals surface area contributed by atoms with E-state index in [1.165, 1.54) is 0 Å². The van der Waals surface area contributed by atoms with Gasteiger partial charge in [-0.1, -0.05) is 18.2 Å². The fourth-order valence-electron chi connectivity index (χ4n) is 2.77. The monoisotopic (exact) mass is 266 g/mol. The Morgan fingerprint density at radius 3 is 3.10 bits per heavy atom. The van der Waals surface area contributed by atoms with Crippen molar-refractivity contribution in [3.8, 4) is 0 Å². The van der Waals surface area contributed by atoms with Crippen LogP contribution in [0.2, 0.25) is 0 Å². The second-order valence-electron chi connectivity index (χ2n) is 5.01. The van der Waals surface area contributed by atoms with E-state index in [9.17, 15) is 4.79 Å². The summed E-state index contributed by atoms with van der Waals surface area (Å²) in [6, 6.07) is 7.87. The molecule has 1 N–H and O–H groups in total. The highest BCUT2D eigenvalue weighted by atomic mass is 16.2. The second kappa shape index (κ2) is 4.23. The lowest BCUT2D eigenvalue weighted by Crippen LogP contribution is -2.38. The van der Waals surface area contributed by atoms with Gasteiger partial charge in [0.05, 0.1) is 12.1 Å². The van der Waals surface area contributed by atoms with Gasteiger partial charge in [-0.05, 0) is 6.07 Å². The van der Waals surface area contributed by atoms with Crippen LogP contribution in [0.15, 0.2) is 42.9 Å². The standard InChI is InChI=1S/C15H14N4O/c20-15(12-9-17-13-4-2-1-3-11(12)13)19-8-7-18-6-5-16-14(18)10-19/h1-6,9,17H,7-8,10H2. The van der Waals surface area contributed by atoms with Crippen LogP contribution in [-0.4, -0.2) is 31.9 Å². The molecule has 0 aliphatic carbocycles. The van der Waals surface area contributed by atoms with E-state index in [1.54, 1.807) is 12.4 Å². The molecular formula is C15H14N4O. The Bertz CT molecular complexity index is 786. The van der Waals surface area contributed by atoms with Crippen LogP contribution < -0.4 is 0 Å². The Balaban J connectivity index is 1.68. The van der Waals surface area contributed by atoms with Gasteiger partial charge >= 0.3 is 0 Å². The Morgan fingerprint density at radius 2 is 2.15 bits per heavy atom. The summed E-state index contributed by atoms with van der Waals surface area (Å²) in [5, 5.41) is 0.978. The number of carbonyl (C=O) groups is 1. The van der Waals surface area contributed by atoms with Crippen molar-refractivity contribution in [1.82, 2.24) is 19.4 Å². The number of benzene rings is 1. The molecule has 1 aliphatic rings. The Morgan fingerprint density at radius 1 is 1.25 bits per heavy atom. The first-order valence-corrected chi connectivity index (χ1v) is 6.68. The molecule has 3 aromatic rings. The summed E-state index contributed by atoms with van der Waals surface area (Å²) in [6.45, 7) is 2.11. The number of nitrogens with zero attached hydrogens (tertiary/aromatic N) is 3. The number of carbonyl (C=O) groups excluding carboxylic acids is 1. The average molecular weight is 266 g/mol. The van der Waals surface area contributed by atoms with E-state index in [2.05, 4.69) is 14.5 Å². The number of fused-ring (bicyclic) bond motifs is 2. The number of nitrogens with one attached hydrogen (secondary N) is 1. The number of H-pyrrole nitrogens is 1. The molecule has 5 nitrogen and oxygen atoms in total. The molecule has 2 aromatic heterocycles. The fourth-order valence-corrected chi connectivity index (χ4v) is 2.77. The predicted octanol–water partition coefficient (Wildman–Crippen LogP) is 2.02. The summed E-state index contributed by atoms with van der Waals surface area (Å²) < 4.78 is 2.10. The lowest BCUT2D eigenvalue weighted by atomic mass is 10.1. The number of aromatic amines is 1. The number of rotatable bonds is 1. The molecule has 1 aliphatic heterocycles. The first-order chi connectivity index (χ1) is 9.83. The summed E-state index contributed by atoms with van der Waals surface area (Å²) in [4.78, 5) is 22.0. The Hall–Kier alpha value is -2.56. The quantitative estimate of drug-likeness (QED) is 0.732. The number of imidazole rings is 1. The van der Waals surface area contributed by atoms with Gasteiger partial charge in [0.15, 0.2) is 0 Å². The number of para-hydroxylation sites is 1. The molecule has 4 rings (SSSR count). The number of amides is 1. The third-order valence-electron chi connectivity index (χ3n) is 3.85. The van der Waals surface area contributed by atoms with Crippen molar-refractivity contribution in [3.05, 3.63) is 54.2 Å². The van der Waals surface area contributed by atoms with E-state index < -0.39 is 0 Å². The smallest absolute Gasteiger partial charge is 0.256 e. The van der Waals surface area contributed by atoms with Crippen LogP contribution in [-0.2, 0) is 13.1 Å². The Kier molecular flexibility index (Phi) is 2.39. The summed E-state index contributed by atoms with van der Waals surface area (Å²) in [5.41, 5.74) is 1.73. The second-order valence-corrected chi connectivity index (χ2v) is 5.01. The van der Waals surface area contributed by atoms with Crippen molar-refractivity contribution in [2.75, 3.05) is 6.54 Å². The molecule has 1 amide bonds. The van der Waals surface area contributed by atoms with Gasteiger partial charge in [-0.2, -0.15) is 0 Å². The molecule has 0 atom stereocenters. The normalized spacial score (nSPS) is 14.5. The van der Waals surface area contributed by atoms with Gasteiger partial charge in [-0.25, -0.2) is 4.98 Å². The van der Waals surface area contributed by atoms with Crippen molar-refractivity contribution in [2.24, 2.45) is 0 Å². The molecule has 0 unspecified atom stereocenters. The minimum atomic E-state index is 0.0664. The molecule has 100 valence electrons. The first-order valence-electron chi connectivity index (χ1n) is 6.68. The van der Waals surface area contributed by atoms with E-state index in [0.29, 0.717) is 6.54 Å². The zero-order chi connectivity index (χ0) is 13.5. The van der Waals surface area contributed by atoms with Gasteiger partial charge in [0, 0.05) is 42.6 Å². The van der Waals surface area contributed by atoms with Crippen LogP contribution in [0.1, 0.15) is 16.2 Å². The lowest BCUT2D eigenvalue weighted by molar-refractivity contribution is 0.0709. The molecule has 0 saturated heterocycles. The van der Waals surface area contributed by atoms with Crippen LogP contribution >= 0.6 is 0 Å². The lowest BCUT2D eigenvalue weighted by Gasteiger charge is -2.27. The minimum Gasteiger partial charge on any atom is -0.360 e. The molecular weight excluding hydrogens is 252 g/mol. The van der Waals surface area contributed by atoms with Crippen LogP contribution in [0.3, 0.4) is 0 Å². The summed E-state index contributed by atoms with van der Waals surface area (Å²) in [6.07, 6.45) is 5.55. The SMILES string of the molecule is O=C(c1c[nH]c2ccccc12)N1CCn2ccnc2C1. The van der Waals surface area contributed by atoms with E-state index in [0.717, 1.165) is 35.4 Å². The van der Waals surface area contributed by atoms with Crippen molar-refractivity contribution in [2.45, 2.75) is 13.1 Å². The summed E-state index contributed by atoms with van der Waals surface area (Å²) >= 11 is 0.